The van der Waals surface area contributed by atoms with Gasteiger partial charge in [0.2, 0.25) is 0 Å². The summed E-state index contributed by atoms with van der Waals surface area (Å²) in [6.45, 7) is 4.63. The van der Waals surface area contributed by atoms with Crippen LogP contribution in [0.1, 0.15) is 51.0 Å². The lowest BCUT2D eigenvalue weighted by molar-refractivity contribution is 0.0281. The summed E-state index contributed by atoms with van der Waals surface area (Å²) < 4.78 is 24.4. The normalized spacial score (nSPS) is 28.7. The van der Waals surface area contributed by atoms with Crippen LogP contribution in [0.5, 0.6) is 0 Å². The zero-order valence-electron chi connectivity index (χ0n) is 18.9. The van der Waals surface area contributed by atoms with Crippen LogP contribution in [-0.4, -0.2) is 73.5 Å². The van der Waals surface area contributed by atoms with Crippen LogP contribution >= 0.6 is 0 Å². The summed E-state index contributed by atoms with van der Waals surface area (Å²) in [6.07, 6.45) is 5.29. The number of anilines is 1. The number of nitrogens with zero attached hydrogens (tertiary/aromatic N) is 3. The number of ether oxygens (including phenoxy) is 2. The topological polar surface area (TPSA) is 62.3 Å². The Hall–Kier alpha value is -2.35. The first-order valence-electron chi connectivity index (χ1n) is 11.8. The molecule has 1 spiro atoms. The van der Waals surface area contributed by atoms with Gasteiger partial charge in [-0.05, 0) is 82.3 Å². The van der Waals surface area contributed by atoms with Crippen LogP contribution in [0.3, 0.4) is 0 Å². The molecule has 2 amide bonds. The number of rotatable bonds is 2. The summed E-state index contributed by atoms with van der Waals surface area (Å²) in [4.78, 5) is 30.9. The standard InChI is InChI=1S/C24H32FN3O4/c1-3-32-23(30)28-17-5-6-18(28)14-19(13-17)26-10-8-24(9-11-26)15-27(22(29)31-2)21-7-4-16(25)12-20(21)24/h4,7,12,17-19H,3,5-6,8-11,13-15H2,1-2H3. The summed E-state index contributed by atoms with van der Waals surface area (Å²) in [6, 6.07) is 5.71. The van der Waals surface area contributed by atoms with Crippen LogP contribution in [0, 0.1) is 5.82 Å². The van der Waals surface area contributed by atoms with Gasteiger partial charge in [-0.1, -0.05) is 0 Å². The SMILES string of the molecule is CCOC(=O)N1C2CCC1CC(N1CCC3(CC1)CN(C(=O)OC)c1ccc(F)cc13)C2. The molecule has 4 heterocycles. The monoisotopic (exact) mass is 445 g/mol. The van der Waals surface area contributed by atoms with Crippen molar-refractivity contribution in [3.05, 3.63) is 29.6 Å². The summed E-state index contributed by atoms with van der Waals surface area (Å²) in [5, 5.41) is 0. The molecule has 0 saturated carbocycles. The van der Waals surface area contributed by atoms with Crippen molar-refractivity contribution < 1.29 is 23.5 Å². The molecule has 0 aliphatic carbocycles. The Bertz CT molecular complexity index is 887. The molecule has 3 saturated heterocycles. The highest BCUT2D eigenvalue weighted by molar-refractivity contribution is 5.91. The van der Waals surface area contributed by atoms with E-state index in [2.05, 4.69) is 4.90 Å². The van der Waals surface area contributed by atoms with Crippen molar-refractivity contribution in [1.29, 1.82) is 0 Å². The zero-order valence-corrected chi connectivity index (χ0v) is 18.9. The third kappa shape index (κ3) is 3.43. The number of fused-ring (bicyclic) bond motifs is 4. The first-order chi connectivity index (χ1) is 15.5. The Morgan fingerprint density at radius 2 is 1.78 bits per heavy atom. The molecule has 7 nitrogen and oxygen atoms in total. The van der Waals surface area contributed by atoms with Gasteiger partial charge in [-0.25, -0.2) is 14.0 Å². The van der Waals surface area contributed by atoms with Gasteiger partial charge in [-0.15, -0.1) is 0 Å². The smallest absolute Gasteiger partial charge is 0.414 e. The van der Waals surface area contributed by atoms with E-state index in [9.17, 15) is 14.0 Å². The molecule has 0 aromatic heterocycles. The van der Waals surface area contributed by atoms with E-state index in [1.54, 1.807) is 17.0 Å². The third-order valence-electron chi connectivity index (χ3n) is 8.13. The van der Waals surface area contributed by atoms with Crippen molar-refractivity contribution in [1.82, 2.24) is 9.80 Å². The number of amides is 2. The predicted molar refractivity (Wildman–Crippen MR) is 117 cm³/mol. The van der Waals surface area contributed by atoms with Crippen LogP contribution in [0.25, 0.3) is 0 Å². The van der Waals surface area contributed by atoms with E-state index >= 15 is 0 Å². The molecule has 174 valence electrons. The first-order valence-corrected chi connectivity index (χ1v) is 11.8. The van der Waals surface area contributed by atoms with Gasteiger partial charge in [-0.3, -0.25) is 4.90 Å². The molecule has 8 heteroatoms. The van der Waals surface area contributed by atoms with E-state index in [1.807, 2.05) is 11.8 Å². The van der Waals surface area contributed by atoms with E-state index < -0.39 is 0 Å². The fourth-order valence-electron chi connectivity index (χ4n) is 6.60. The molecule has 2 unspecified atom stereocenters. The van der Waals surface area contributed by atoms with Crippen LogP contribution in [0.2, 0.25) is 0 Å². The molecular weight excluding hydrogens is 413 g/mol. The van der Waals surface area contributed by atoms with Crippen molar-refractivity contribution in [3.8, 4) is 0 Å². The molecule has 3 fully saturated rings. The maximum Gasteiger partial charge on any atom is 0.414 e. The fourth-order valence-corrected chi connectivity index (χ4v) is 6.60. The summed E-state index contributed by atoms with van der Waals surface area (Å²) >= 11 is 0. The van der Waals surface area contributed by atoms with Crippen LogP contribution in [-0.2, 0) is 14.9 Å². The second-order valence-electron chi connectivity index (χ2n) is 9.65. The summed E-state index contributed by atoms with van der Waals surface area (Å²) in [5.41, 5.74) is 1.47. The number of benzene rings is 1. The van der Waals surface area contributed by atoms with E-state index in [4.69, 9.17) is 9.47 Å². The minimum atomic E-state index is -0.389. The van der Waals surface area contributed by atoms with Crippen LogP contribution in [0.4, 0.5) is 19.7 Å². The van der Waals surface area contributed by atoms with Crippen molar-refractivity contribution in [2.45, 2.75) is 69.0 Å². The van der Waals surface area contributed by atoms with Gasteiger partial charge < -0.3 is 19.3 Å². The largest absolute Gasteiger partial charge is 0.452 e. The van der Waals surface area contributed by atoms with Crippen LogP contribution in [0.15, 0.2) is 18.2 Å². The lowest BCUT2D eigenvalue weighted by Gasteiger charge is -2.47. The van der Waals surface area contributed by atoms with Crippen molar-refractivity contribution in [2.24, 2.45) is 0 Å². The number of likely N-dealkylation sites (tertiary alicyclic amines) is 1. The van der Waals surface area contributed by atoms with Gasteiger partial charge in [0, 0.05) is 30.1 Å². The average Bonchev–Trinajstić information content (AvgIpc) is 3.24. The number of methoxy groups -OCH3 is 1. The molecular formula is C24H32FN3O4. The number of carbonyl (C=O) groups is 2. The maximum absolute atomic E-state index is 14.1. The molecule has 1 aromatic rings. The molecule has 5 rings (SSSR count). The summed E-state index contributed by atoms with van der Waals surface area (Å²) in [5.74, 6) is -0.264. The lowest BCUT2D eigenvalue weighted by atomic mass is 9.73. The fraction of sp³-hybridized carbons (Fsp3) is 0.667. The molecule has 2 bridgehead atoms. The van der Waals surface area contributed by atoms with Gasteiger partial charge >= 0.3 is 12.2 Å². The summed E-state index contributed by atoms with van der Waals surface area (Å²) in [7, 11) is 1.39. The quantitative estimate of drug-likeness (QED) is 0.691. The number of hydrogen-bond acceptors (Lipinski definition) is 5. The van der Waals surface area contributed by atoms with Gasteiger partial charge in [0.1, 0.15) is 5.82 Å². The Labute approximate surface area is 188 Å². The Morgan fingerprint density at radius 3 is 2.41 bits per heavy atom. The predicted octanol–water partition coefficient (Wildman–Crippen LogP) is 3.90. The zero-order chi connectivity index (χ0) is 22.5. The van der Waals surface area contributed by atoms with Crippen molar-refractivity contribution in [2.75, 3.05) is 38.3 Å². The number of halogens is 1. The highest BCUT2D eigenvalue weighted by Gasteiger charge is 2.50. The van der Waals surface area contributed by atoms with Gasteiger partial charge in [0.15, 0.2) is 0 Å². The van der Waals surface area contributed by atoms with Crippen molar-refractivity contribution in [3.63, 3.8) is 0 Å². The maximum atomic E-state index is 14.1. The first kappa shape index (κ1) is 21.5. The molecule has 2 atom stereocenters. The molecule has 4 aliphatic heterocycles. The van der Waals surface area contributed by atoms with E-state index in [-0.39, 0.29) is 35.5 Å². The minimum Gasteiger partial charge on any atom is -0.452 e. The third-order valence-corrected chi connectivity index (χ3v) is 8.13. The molecule has 0 radical (unpaired) electrons. The molecule has 32 heavy (non-hydrogen) atoms. The van der Waals surface area contributed by atoms with Crippen molar-refractivity contribution >= 4 is 17.9 Å². The molecule has 4 aliphatic rings. The van der Waals surface area contributed by atoms with Crippen LogP contribution < -0.4 is 4.90 Å². The Balaban J connectivity index is 1.29. The van der Waals surface area contributed by atoms with E-state index in [0.717, 1.165) is 62.9 Å². The minimum absolute atomic E-state index is 0.163. The Morgan fingerprint density at radius 1 is 1.09 bits per heavy atom. The van der Waals surface area contributed by atoms with E-state index in [0.29, 0.717) is 19.2 Å². The second kappa shape index (κ2) is 8.21. The number of carbonyl (C=O) groups excluding carboxylic acids is 2. The lowest BCUT2D eigenvalue weighted by Crippen LogP contribution is -2.55. The molecule has 1 aromatic carbocycles. The highest BCUT2D eigenvalue weighted by Crippen LogP contribution is 2.48. The highest BCUT2D eigenvalue weighted by atomic mass is 19.1. The number of hydrogen-bond donors (Lipinski definition) is 0. The Kier molecular flexibility index (Phi) is 5.51. The van der Waals surface area contributed by atoms with Gasteiger partial charge in [0.05, 0.1) is 19.4 Å². The van der Waals surface area contributed by atoms with Gasteiger partial charge in [-0.2, -0.15) is 0 Å². The molecule has 0 N–H and O–H groups in total. The average molecular weight is 446 g/mol. The van der Waals surface area contributed by atoms with E-state index in [1.165, 1.54) is 13.2 Å². The second-order valence-corrected chi connectivity index (χ2v) is 9.65. The van der Waals surface area contributed by atoms with Gasteiger partial charge in [0.25, 0.3) is 0 Å². The number of piperidine rings is 2.